The number of nitrogens with one attached hydrogen (secondary N) is 1. The van der Waals surface area contributed by atoms with E-state index < -0.39 is 0 Å². The molecule has 1 unspecified atom stereocenters. The number of carbonyl (C=O) groups is 1. The molecular formula is C13H15BrFNO2. The molecule has 1 aromatic rings. The highest BCUT2D eigenvalue weighted by molar-refractivity contribution is 9.10. The van der Waals surface area contributed by atoms with Crippen LogP contribution in [0, 0.1) is 5.82 Å². The molecule has 0 amide bonds. The standard InChI is InChI=1S/C13H15BrFNO2/c14-13-6-10(15)2-1-9(13)5-11(17)7-12-8-16-3-4-18-12/h1-2,6,12,16H,3-5,7-8H2. The van der Waals surface area contributed by atoms with Gasteiger partial charge in [0.25, 0.3) is 0 Å². The van der Waals surface area contributed by atoms with Crippen LogP contribution in [0.1, 0.15) is 12.0 Å². The first kappa shape index (κ1) is 13.6. The molecule has 5 heteroatoms. The van der Waals surface area contributed by atoms with Gasteiger partial charge in [-0.3, -0.25) is 4.79 Å². The maximum atomic E-state index is 12.9. The summed E-state index contributed by atoms with van der Waals surface area (Å²) in [5.74, 6) is -0.200. The smallest absolute Gasteiger partial charge is 0.139 e. The van der Waals surface area contributed by atoms with E-state index in [1.807, 2.05) is 0 Å². The van der Waals surface area contributed by atoms with E-state index in [1.165, 1.54) is 12.1 Å². The zero-order valence-corrected chi connectivity index (χ0v) is 11.5. The summed E-state index contributed by atoms with van der Waals surface area (Å²) in [6.45, 7) is 2.21. The fourth-order valence-corrected chi connectivity index (χ4v) is 2.45. The Kier molecular flexibility index (Phi) is 4.86. The number of benzene rings is 1. The molecule has 2 rings (SSSR count). The molecule has 1 fully saturated rings. The number of ketones is 1. The molecule has 1 aliphatic rings. The highest BCUT2D eigenvalue weighted by Gasteiger charge is 2.18. The summed E-state index contributed by atoms with van der Waals surface area (Å²) in [6, 6.07) is 4.38. The summed E-state index contributed by atoms with van der Waals surface area (Å²) in [6.07, 6.45) is 0.669. The van der Waals surface area contributed by atoms with Crippen molar-refractivity contribution in [3.63, 3.8) is 0 Å². The Balaban J connectivity index is 1.90. The van der Waals surface area contributed by atoms with Crippen molar-refractivity contribution in [2.45, 2.75) is 18.9 Å². The summed E-state index contributed by atoms with van der Waals surface area (Å²) >= 11 is 3.26. The fraction of sp³-hybridized carbons (Fsp3) is 0.462. The van der Waals surface area contributed by atoms with Crippen LogP contribution in [-0.2, 0) is 16.0 Å². The molecule has 0 spiro atoms. The molecule has 1 aliphatic heterocycles. The van der Waals surface area contributed by atoms with Crippen molar-refractivity contribution in [3.8, 4) is 0 Å². The lowest BCUT2D eigenvalue weighted by Crippen LogP contribution is -2.39. The molecule has 1 atom stereocenters. The Morgan fingerprint density at radius 3 is 3.06 bits per heavy atom. The van der Waals surface area contributed by atoms with Gasteiger partial charge in [-0.15, -0.1) is 0 Å². The average Bonchev–Trinajstić information content (AvgIpc) is 2.34. The van der Waals surface area contributed by atoms with Gasteiger partial charge in [-0.2, -0.15) is 0 Å². The lowest BCUT2D eigenvalue weighted by Gasteiger charge is -2.23. The predicted octanol–water partition coefficient (Wildman–Crippen LogP) is 2.08. The second kappa shape index (κ2) is 6.41. The lowest BCUT2D eigenvalue weighted by molar-refractivity contribution is -0.121. The summed E-state index contributed by atoms with van der Waals surface area (Å²) in [7, 11) is 0. The van der Waals surface area contributed by atoms with Crippen molar-refractivity contribution in [1.29, 1.82) is 0 Å². The number of carbonyl (C=O) groups excluding carboxylic acids is 1. The van der Waals surface area contributed by atoms with Gasteiger partial charge in [-0.1, -0.05) is 22.0 Å². The minimum Gasteiger partial charge on any atom is -0.375 e. The maximum absolute atomic E-state index is 12.9. The van der Waals surface area contributed by atoms with E-state index in [4.69, 9.17) is 4.74 Å². The van der Waals surface area contributed by atoms with E-state index in [2.05, 4.69) is 21.2 Å². The van der Waals surface area contributed by atoms with Gasteiger partial charge in [0.05, 0.1) is 12.7 Å². The summed E-state index contributed by atoms with van der Waals surface area (Å²) in [4.78, 5) is 11.9. The van der Waals surface area contributed by atoms with Gasteiger partial charge in [0, 0.05) is 30.4 Å². The highest BCUT2D eigenvalue weighted by Crippen LogP contribution is 2.19. The number of morpholine rings is 1. The zero-order valence-electron chi connectivity index (χ0n) is 9.92. The van der Waals surface area contributed by atoms with Crippen LogP contribution in [0.25, 0.3) is 0 Å². The molecule has 1 saturated heterocycles. The number of hydrogen-bond acceptors (Lipinski definition) is 3. The van der Waals surface area contributed by atoms with Gasteiger partial charge >= 0.3 is 0 Å². The molecule has 0 saturated carbocycles. The van der Waals surface area contributed by atoms with Gasteiger partial charge in [0.1, 0.15) is 11.6 Å². The quantitative estimate of drug-likeness (QED) is 0.924. The van der Waals surface area contributed by atoms with E-state index in [1.54, 1.807) is 6.07 Å². The molecule has 98 valence electrons. The van der Waals surface area contributed by atoms with Gasteiger partial charge < -0.3 is 10.1 Å². The van der Waals surface area contributed by atoms with Crippen molar-refractivity contribution in [3.05, 3.63) is 34.1 Å². The second-order valence-corrected chi connectivity index (χ2v) is 5.21. The average molecular weight is 316 g/mol. The molecule has 3 nitrogen and oxygen atoms in total. The fourth-order valence-electron chi connectivity index (χ4n) is 1.95. The van der Waals surface area contributed by atoms with Crippen LogP contribution in [0.4, 0.5) is 4.39 Å². The molecule has 1 aromatic carbocycles. The van der Waals surface area contributed by atoms with Crippen molar-refractivity contribution in [1.82, 2.24) is 5.32 Å². The van der Waals surface area contributed by atoms with Crippen LogP contribution < -0.4 is 5.32 Å². The van der Waals surface area contributed by atoms with Gasteiger partial charge in [0.15, 0.2) is 0 Å². The molecule has 1 N–H and O–H groups in total. The van der Waals surface area contributed by atoms with Crippen LogP contribution in [-0.4, -0.2) is 31.6 Å². The van der Waals surface area contributed by atoms with E-state index in [0.29, 0.717) is 23.9 Å². The van der Waals surface area contributed by atoms with Crippen LogP contribution in [0.2, 0.25) is 0 Å². The summed E-state index contributed by atoms with van der Waals surface area (Å²) in [5, 5.41) is 3.19. The van der Waals surface area contributed by atoms with Crippen molar-refractivity contribution in [2.24, 2.45) is 0 Å². The number of hydrogen-bond donors (Lipinski definition) is 1. The first-order valence-corrected chi connectivity index (χ1v) is 6.72. The minimum atomic E-state index is -0.308. The van der Waals surface area contributed by atoms with E-state index in [0.717, 1.165) is 18.7 Å². The SMILES string of the molecule is O=C(Cc1ccc(F)cc1Br)CC1CNCCO1. The van der Waals surface area contributed by atoms with Crippen LogP contribution in [0.3, 0.4) is 0 Å². The Bertz CT molecular complexity index is 433. The Morgan fingerprint density at radius 2 is 2.39 bits per heavy atom. The summed E-state index contributed by atoms with van der Waals surface area (Å²) < 4.78 is 19.0. The monoisotopic (exact) mass is 315 g/mol. The number of rotatable bonds is 4. The predicted molar refractivity (Wildman–Crippen MR) is 70.0 cm³/mol. The molecule has 1 heterocycles. The van der Waals surface area contributed by atoms with Gasteiger partial charge in [0.2, 0.25) is 0 Å². The van der Waals surface area contributed by atoms with Crippen LogP contribution >= 0.6 is 15.9 Å². The van der Waals surface area contributed by atoms with Crippen LogP contribution in [0.15, 0.2) is 22.7 Å². The van der Waals surface area contributed by atoms with Crippen molar-refractivity contribution in [2.75, 3.05) is 19.7 Å². The Labute approximate surface area is 114 Å². The molecule has 0 bridgehead atoms. The van der Waals surface area contributed by atoms with Crippen molar-refractivity contribution < 1.29 is 13.9 Å². The molecule has 0 radical (unpaired) electrons. The minimum absolute atomic E-state index is 0.0366. The highest BCUT2D eigenvalue weighted by atomic mass is 79.9. The van der Waals surface area contributed by atoms with E-state index in [-0.39, 0.29) is 17.7 Å². The third-order valence-corrected chi connectivity index (χ3v) is 3.60. The second-order valence-electron chi connectivity index (χ2n) is 4.35. The topological polar surface area (TPSA) is 38.3 Å². The number of halogens is 2. The Morgan fingerprint density at radius 1 is 1.56 bits per heavy atom. The molecular weight excluding hydrogens is 301 g/mol. The number of Topliss-reactive ketones (excluding diaryl/α,β-unsaturated/α-hetero) is 1. The maximum Gasteiger partial charge on any atom is 0.139 e. The largest absolute Gasteiger partial charge is 0.375 e. The van der Waals surface area contributed by atoms with E-state index in [9.17, 15) is 9.18 Å². The van der Waals surface area contributed by atoms with Crippen LogP contribution in [0.5, 0.6) is 0 Å². The zero-order chi connectivity index (χ0) is 13.0. The third-order valence-electron chi connectivity index (χ3n) is 2.86. The third kappa shape index (κ3) is 3.86. The lowest BCUT2D eigenvalue weighted by atomic mass is 10.0. The van der Waals surface area contributed by atoms with E-state index >= 15 is 0 Å². The normalized spacial score (nSPS) is 19.8. The summed E-state index contributed by atoms with van der Waals surface area (Å²) in [5.41, 5.74) is 0.810. The molecule has 18 heavy (non-hydrogen) atoms. The number of ether oxygens (including phenoxy) is 1. The Hall–Kier alpha value is -0.780. The molecule has 0 aromatic heterocycles. The van der Waals surface area contributed by atoms with Gasteiger partial charge in [-0.25, -0.2) is 4.39 Å². The van der Waals surface area contributed by atoms with Gasteiger partial charge in [-0.05, 0) is 17.7 Å². The van der Waals surface area contributed by atoms with Crippen molar-refractivity contribution >= 4 is 21.7 Å². The first-order chi connectivity index (χ1) is 8.65. The first-order valence-electron chi connectivity index (χ1n) is 5.93. The molecule has 0 aliphatic carbocycles.